The van der Waals surface area contributed by atoms with Crippen LogP contribution in [0, 0.1) is 24.4 Å². The van der Waals surface area contributed by atoms with Crippen LogP contribution >= 0.6 is 0 Å². The van der Waals surface area contributed by atoms with Crippen LogP contribution in [0.15, 0.2) is 18.3 Å². The van der Waals surface area contributed by atoms with Gasteiger partial charge in [0, 0.05) is 6.07 Å². The molecule has 1 aromatic carbocycles. The van der Waals surface area contributed by atoms with Gasteiger partial charge in [0.05, 0.1) is 11.9 Å². The summed E-state index contributed by atoms with van der Waals surface area (Å²) in [5, 5.41) is 2.33. The van der Waals surface area contributed by atoms with E-state index < -0.39 is 17.5 Å². The topological polar surface area (TPSA) is 63.8 Å². The van der Waals surface area contributed by atoms with Crippen LogP contribution < -0.4 is 11.1 Å². The third-order valence-corrected chi connectivity index (χ3v) is 2.26. The molecule has 0 saturated carbocycles. The number of aromatic nitrogens is 2. The summed E-state index contributed by atoms with van der Waals surface area (Å²) in [6, 6.07) is 1.92. The van der Waals surface area contributed by atoms with E-state index in [1.807, 2.05) is 0 Å². The highest BCUT2D eigenvalue weighted by Gasteiger charge is 2.11. The van der Waals surface area contributed by atoms with E-state index in [9.17, 15) is 13.2 Å². The van der Waals surface area contributed by atoms with Crippen molar-refractivity contribution in [2.45, 2.75) is 6.92 Å². The number of aryl methyl sites for hydroxylation is 1. The standard InChI is InChI=1S/C11H9F3N4/c1-5-2-7(13)9(3-6(5)12)17-10-8(14)4-16-11(15)18-10/h2-4H,1H3,(H3,15,16,17,18). The smallest absolute Gasteiger partial charge is 0.222 e. The Balaban J connectivity index is 2.40. The number of anilines is 3. The molecule has 0 unspecified atom stereocenters. The molecule has 94 valence electrons. The van der Waals surface area contributed by atoms with Gasteiger partial charge in [-0.05, 0) is 18.6 Å². The molecule has 0 amide bonds. The largest absolute Gasteiger partial charge is 0.368 e. The van der Waals surface area contributed by atoms with E-state index in [0.29, 0.717) is 0 Å². The molecule has 2 rings (SSSR count). The molecule has 0 aliphatic rings. The third kappa shape index (κ3) is 2.34. The number of nitrogens with two attached hydrogens (primary N) is 1. The van der Waals surface area contributed by atoms with E-state index in [-0.39, 0.29) is 23.0 Å². The summed E-state index contributed by atoms with van der Waals surface area (Å²) < 4.78 is 40.1. The van der Waals surface area contributed by atoms with Crippen LogP contribution in [0.1, 0.15) is 5.56 Å². The maximum atomic E-state index is 13.5. The molecule has 0 aliphatic carbocycles. The minimum atomic E-state index is -0.815. The molecule has 0 aliphatic heterocycles. The molecular formula is C11H9F3N4. The molecule has 0 fully saturated rings. The van der Waals surface area contributed by atoms with Gasteiger partial charge in [-0.1, -0.05) is 0 Å². The first-order valence-corrected chi connectivity index (χ1v) is 4.98. The summed E-state index contributed by atoms with van der Waals surface area (Å²) in [6.07, 6.45) is 0.840. The zero-order chi connectivity index (χ0) is 13.3. The molecule has 4 nitrogen and oxygen atoms in total. The van der Waals surface area contributed by atoms with Gasteiger partial charge in [0.15, 0.2) is 11.6 Å². The van der Waals surface area contributed by atoms with Gasteiger partial charge < -0.3 is 11.1 Å². The second kappa shape index (κ2) is 4.52. The fraction of sp³-hybridized carbons (Fsp3) is 0.0909. The number of benzene rings is 1. The minimum Gasteiger partial charge on any atom is -0.368 e. The van der Waals surface area contributed by atoms with Crippen molar-refractivity contribution in [1.82, 2.24) is 9.97 Å². The molecule has 0 saturated heterocycles. The maximum absolute atomic E-state index is 13.5. The Kier molecular flexibility index (Phi) is 3.05. The van der Waals surface area contributed by atoms with E-state index in [1.54, 1.807) is 0 Å². The van der Waals surface area contributed by atoms with Crippen molar-refractivity contribution in [1.29, 1.82) is 0 Å². The van der Waals surface area contributed by atoms with Crippen LogP contribution in [0.3, 0.4) is 0 Å². The summed E-state index contributed by atoms with van der Waals surface area (Å²) in [5.74, 6) is -2.63. The Hall–Kier alpha value is -2.31. The molecule has 0 radical (unpaired) electrons. The predicted molar refractivity (Wildman–Crippen MR) is 60.8 cm³/mol. The summed E-state index contributed by atoms with van der Waals surface area (Å²) in [4.78, 5) is 6.97. The molecule has 18 heavy (non-hydrogen) atoms. The quantitative estimate of drug-likeness (QED) is 0.864. The highest BCUT2D eigenvalue weighted by atomic mass is 19.1. The van der Waals surface area contributed by atoms with Gasteiger partial charge in [-0.15, -0.1) is 0 Å². The normalized spacial score (nSPS) is 10.4. The third-order valence-electron chi connectivity index (χ3n) is 2.26. The Morgan fingerprint density at radius 3 is 2.56 bits per heavy atom. The lowest BCUT2D eigenvalue weighted by Crippen LogP contribution is -2.04. The van der Waals surface area contributed by atoms with Gasteiger partial charge >= 0.3 is 0 Å². The predicted octanol–water partition coefficient (Wildman–Crippen LogP) is 2.53. The fourth-order valence-electron chi connectivity index (χ4n) is 1.34. The first-order valence-electron chi connectivity index (χ1n) is 4.98. The highest BCUT2D eigenvalue weighted by Crippen LogP contribution is 2.23. The molecule has 0 atom stereocenters. The number of hydrogen-bond donors (Lipinski definition) is 2. The number of hydrogen-bond acceptors (Lipinski definition) is 4. The Morgan fingerprint density at radius 2 is 1.83 bits per heavy atom. The van der Waals surface area contributed by atoms with E-state index in [2.05, 4.69) is 15.3 Å². The van der Waals surface area contributed by atoms with Gasteiger partial charge in [0.25, 0.3) is 0 Å². The van der Waals surface area contributed by atoms with Crippen molar-refractivity contribution in [2.75, 3.05) is 11.1 Å². The van der Waals surface area contributed by atoms with E-state index in [1.165, 1.54) is 6.92 Å². The Morgan fingerprint density at radius 1 is 1.11 bits per heavy atom. The van der Waals surface area contributed by atoms with Crippen LogP contribution in [-0.2, 0) is 0 Å². The van der Waals surface area contributed by atoms with Gasteiger partial charge in [-0.25, -0.2) is 18.2 Å². The lowest BCUT2D eigenvalue weighted by Gasteiger charge is -2.09. The number of nitrogen functional groups attached to an aromatic ring is 1. The minimum absolute atomic E-state index is 0.153. The fourth-order valence-corrected chi connectivity index (χ4v) is 1.34. The Bertz CT molecular complexity index is 601. The SMILES string of the molecule is Cc1cc(F)c(Nc2nc(N)ncc2F)cc1F. The van der Waals surface area contributed by atoms with Crippen molar-refractivity contribution in [2.24, 2.45) is 0 Å². The Labute approximate surface area is 101 Å². The molecule has 0 bridgehead atoms. The van der Waals surface area contributed by atoms with Gasteiger partial charge in [-0.2, -0.15) is 4.98 Å². The van der Waals surface area contributed by atoms with Crippen molar-refractivity contribution < 1.29 is 13.2 Å². The average Bonchev–Trinajstić information content (AvgIpc) is 2.30. The first kappa shape index (κ1) is 12.2. The average molecular weight is 254 g/mol. The molecular weight excluding hydrogens is 245 g/mol. The lowest BCUT2D eigenvalue weighted by molar-refractivity contribution is 0.594. The second-order valence-electron chi connectivity index (χ2n) is 3.63. The molecule has 3 N–H and O–H groups in total. The van der Waals surface area contributed by atoms with Crippen LogP contribution in [0.5, 0.6) is 0 Å². The van der Waals surface area contributed by atoms with E-state index in [4.69, 9.17) is 5.73 Å². The van der Waals surface area contributed by atoms with Crippen molar-refractivity contribution in [3.05, 3.63) is 41.3 Å². The summed E-state index contributed by atoms with van der Waals surface area (Å²) in [5.41, 5.74) is 5.20. The summed E-state index contributed by atoms with van der Waals surface area (Å²) in [7, 11) is 0. The van der Waals surface area contributed by atoms with Crippen LogP contribution in [-0.4, -0.2) is 9.97 Å². The number of nitrogens with zero attached hydrogens (tertiary/aromatic N) is 2. The lowest BCUT2D eigenvalue weighted by atomic mass is 10.2. The van der Waals surface area contributed by atoms with E-state index >= 15 is 0 Å². The first-order chi connectivity index (χ1) is 8.47. The molecule has 1 aromatic heterocycles. The molecule has 2 aromatic rings. The monoisotopic (exact) mass is 254 g/mol. The zero-order valence-electron chi connectivity index (χ0n) is 9.34. The van der Waals surface area contributed by atoms with Crippen molar-refractivity contribution in [3.63, 3.8) is 0 Å². The van der Waals surface area contributed by atoms with Gasteiger partial charge in [-0.3, -0.25) is 0 Å². The molecule has 0 spiro atoms. The highest BCUT2D eigenvalue weighted by molar-refractivity contribution is 5.58. The number of nitrogens with one attached hydrogen (secondary N) is 1. The maximum Gasteiger partial charge on any atom is 0.222 e. The van der Waals surface area contributed by atoms with Crippen LogP contribution in [0.4, 0.5) is 30.6 Å². The second-order valence-corrected chi connectivity index (χ2v) is 3.63. The molecule has 1 heterocycles. The number of halogens is 3. The zero-order valence-corrected chi connectivity index (χ0v) is 9.34. The summed E-state index contributed by atoms with van der Waals surface area (Å²) in [6.45, 7) is 1.42. The van der Waals surface area contributed by atoms with Crippen LogP contribution in [0.25, 0.3) is 0 Å². The van der Waals surface area contributed by atoms with Gasteiger partial charge in [0.2, 0.25) is 5.95 Å². The van der Waals surface area contributed by atoms with Crippen molar-refractivity contribution >= 4 is 17.5 Å². The van der Waals surface area contributed by atoms with E-state index in [0.717, 1.165) is 18.3 Å². The summed E-state index contributed by atoms with van der Waals surface area (Å²) >= 11 is 0. The number of rotatable bonds is 2. The van der Waals surface area contributed by atoms with Crippen LogP contribution in [0.2, 0.25) is 0 Å². The van der Waals surface area contributed by atoms with Crippen molar-refractivity contribution in [3.8, 4) is 0 Å². The molecule has 7 heteroatoms. The van der Waals surface area contributed by atoms with Gasteiger partial charge in [0.1, 0.15) is 11.6 Å².